The summed E-state index contributed by atoms with van der Waals surface area (Å²) in [5, 5.41) is 3.04. The summed E-state index contributed by atoms with van der Waals surface area (Å²) in [7, 11) is 1.49. The number of carbonyl (C=O) groups is 2. The van der Waals surface area contributed by atoms with Gasteiger partial charge in [-0.05, 0) is 83.1 Å². The van der Waals surface area contributed by atoms with Crippen LogP contribution < -0.4 is 5.32 Å². The molecule has 0 aromatic rings. The summed E-state index contributed by atoms with van der Waals surface area (Å²) in [6, 6.07) is -0.852. The second-order valence-electron chi connectivity index (χ2n) is 20.8. The van der Waals surface area contributed by atoms with Gasteiger partial charge in [-0.3, -0.25) is 18.6 Å². The van der Waals surface area contributed by atoms with Gasteiger partial charge < -0.3 is 19.4 Å². The molecule has 3 unspecified atom stereocenters. The lowest BCUT2D eigenvalue weighted by Crippen LogP contribution is -2.47. The zero-order valence-corrected chi connectivity index (χ0v) is 46.5. The zero-order valence-electron chi connectivity index (χ0n) is 45.6. The molecule has 0 aliphatic carbocycles. The van der Waals surface area contributed by atoms with Gasteiger partial charge in [0.25, 0.3) is 0 Å². The number of ether oxygens (including phenoxy) is 1. The summed E-state index contributed by atoms with van der Waals surface area (Å²) in [6.45, 7) is 7.00. The summed E-state index contributed by atoms with van der Waals surface area (Å²) < 4.78 is 30.6. The van der Waals surface area contributed by atoms with Gasteiger partial charge in [0.1, 0.15) is 19.3 Å². The summed E-state index contributed by atoms with van der Waals surface area (Å²) in [4.78, 5) is 37.5. The first-order valence-corrected chi connectivity index (χ1v) is 30.3. The van der Waals surface area contributed by atoms with Crippen LogP contribution in [0.5, 0.6) is 0 Å². The van der Waals surface area contributed by atoms with Crippen molar-refractivity contribution in [2.45, 2.75) is 283 Å². The van der Waals surface area contributed by atoms with Crippen LogP contribution in [0.25, 0.3) is 0 Å². The smallest absolute Gasteiger partial charge is 0.456 e. The second kappa shape index (κ2) is 48.8. The van der Waals surface area contributed by atoms with Crippen LogP contribution in [-0.4, -0.2) is 74.3 Å². The Morgan fingerprint density at radius 2 is 0.853 bits per heavy atom. The quantitative estimate of drug-likeness (QED) is 0.0205. The maximum atomic E-state index is 13.5. The van der Waals surface area contributed by atoms with Gasteiger partial charge in [0.15, 0.2) is 0 Å². The lowest BCUT2D eigenvalue weighted by Gasteiger charge is -2.27. The van der Waals surface area contributed by atoms with E-state index in [2.05, 4.69) is 50.4 Å². The molecule has 2 N–H and O–H groups in total. The fraction of sp³-hybridized carbons (Fsp3) is 0.862. The second-order valence-corrected chi connectivity index (χ2v) is 22.3. The summed E-state index contributed by atoms with van der Waals surface area (Å²) in [6.07, 6.45) is 57.0. The van der Waals surface area contributed by atoms with Crippen molar-refractivity contribution in [3.05, 3.63) is 36.5 Å². The van der Waals surface area contributed by atoms with Gasteiger partial charge in [-0.25, -0.2) is 4.57 Å². The Balaban J connectivity index is 5.40. The van der Waals surface area contributed by atoms with Crippen LogP contribution >= 0.6 is 7.82 Å². The van der Waals surface area contributed by atoms with Gasteiger partial charge in [0, 0.05) is 12.8 Å². The number of quaternary nitrogens is 1. The Hall–Kier alpha value is -1.77. The van der Waals surface area contributed by atoms with Crippen LogP contribution in [-0.2, 0) is 27.9 Å². The van der Waals surface area contributed by atoms with Crippen LogP contribution in [0, 0.1) is 0 Å². The molecular formula is C58H112N2O7P+. The van der Waals surface area contributed by atoms with Crippen LogP contribution in [0.15, 0.2) is 36.5 Å². The maximum Gasteiger partial charge on any atom is 0.472 e. The molecule has 0 spiro atoms. The van der Waals surface area contributed by atoms with Crippen molar-refractivity contribution in [1.82, 2.24) is 5.32 Å². The number of phosphoric ester groups is 1. The van der Waals surface area contributed by atoms with E-state index >= 15 is 0 Å². The third-order valence-corrected chi connectivity index (χ3v) is 13.8. The van der Waals surface area contributed by atoms with Crippen LogP contribution in [0.4, 0.5) is 0 Å². The third kappa shape index (κ3) is 49.2. The molecule has 0 fully saturated rings. The van der Waals surface area contributed by atoms with Gasteiger partial charge >= 0.3 is 13.8 Å². The number of esters is 1. The average molecular weight is 981 g/mol. The minimum atomic E-state index is -4.44. The Kier molecular flexibility index (Phi) is 47.6. The van der Waals surface area contributed by atoms with E-state index in [0.717, 1.165) is 83.5 Å². The first-order valence-electron chi connectivity index (χ1n) is 28.8. The molecule has 68 heavy (non-hydrogen) atoms. The van der Waals surface area contributed by atoms with E-state index in [1.54, 1.807) is 0 Å². The van der Waals surface area contributed by atoms with E-state index in [9.17, 15) is 19.0 Å². The normalized spacial score (nSPS) is 14.0. The first kappa shape index (κ1) is 66.2. The molecule has 0 aromatic heterocycles. The summed E-state index contributed by atoms with van der Waals surface area (Å²) >= 11 is 0. The molecule has 1 amide bonds. The van der Waals surface area contributed by atoms with Crippen LogP contribution in [0.3, 0.4) is 0 Å². The van der Waals surface area contributed by atoms with E-state index < -0.39 is 20.0 Å². The topological polar surface area (TPSA) is 111 Å². The first-order chi connectivity index (χ1) is 32.9. The van der Waals surface area contributed by atoms with Gasteiger partial charge in [-0.2, -0.15) is 0 Å². The van der Waals surface area contributed by atoms with Crippen LogP contribution in [0.2, 0.25) is 0 Å². The summed E-state index contributed by atoms with van der Waals surface area (Å²) in [5.41, 5.74) is 0. The molecule has 0 rings (SSSR count). The van der Waals surface area contributed by atoms with E-state index in [4.69, 9.17) is 13.8 Å². The number of hydrogen-bond acceptors (Lipinski definition) is 6. The molecule has 0 aromatic carbocycles. The molecule has 0 heterocycles. The number of amides is 1. The Bertz CT molecular complexity index is 1270. The standard InChI is InChI=1S/C58H111N2O7P/c1-7-10-13-16-19-22-25-28-30-32-35-38-41-44-47-50-57(61)59-55(54-66-68(63,64)65-53-52-60(4,5)6)56(49-46-43-40-37-34-31-27-24-21-18-15-12-9-3)67-58(62)51-48-45-42-39-36-33-29-26-23-20-17-14-11-8-2/h22,25,33,36,46,49,55-56H,7-21,23-24,26-32,34-35,37-45,47-48,50-54H2,1-6H3,(H-,59,61,63,64)/p+1/b25-22-,36-33-,49-46+. The number of nitrogens with zero attached hydrogens (tertiary/aromatic N) is 1. The van der Waals surface area contributed by atoms with Crippen molar-refractivity contribution in [2.24, 2.45) is 0 Å². The number of likely N-dealkylation sites (N-methyl/N-ethyl adjacent to an activating group) is 1. The van der Waals surface area contributed by atoms with Crippen molar-refractivity contribution in [3.63, 3.8) is 0 Å². The molecule has 0 saturated heterocycles. The highest BCUT2D eigenvalue weighted by Gasteiger charge is 2.30. The molecule has 0 saturated carbocycles. The minimum Gasteiger partial charge on any atom is -0.456 e. The number of rotatable bonds is 52. The van der Waals surface area contributed by atoms with E-state index in [0.29, 0.717) is 17.4 Å². The van der Waals surface area contributed by atoms with E-state index in [1.165, 1.54) is 154 Å². The molecular weight excluding hydrogens is 868 g/mol. The fourth-order valence-electron chi connectivity index (χ4n) is 8.28. The average Bonchev–Trinajstić information content (AvgIpc) is 3.29. The number of allylic oxidation sites excluding steroid dienone is 5. The molecule has 0 radical (unpaired) electrons. The third-order valence-electron chi connectivity index (χ3n) is 12.8. The van der Waals surface area contributed by atoms with Gasteiger partial charge in [-0.1, -0.05) is 212 Å². The number of hydrogen-bond donors (Lipinski definition) is 2. The number of unbranched alkanes of at least 4 members (excludes halogenated alkanes) is 32. The van der Waals surface area contributed by atoms with Crippen molar-refractivity contribution < 1.29 is 37.3 Å². The van der Waals surface area contributed by atoms with E-state index in [-0.39, 0.29) is 31.5 Å². The predicted octanol–water partition coefficient (Wildman–Crippen LogP) is 17.2. The molecule has 0 bridgehead atoms. The highest BCUT2D eigenvalue weighted by atomic mass is 31.2. The molecule has 400 valence electrons. The lowest BCUT2D eigenvalue weighted by atomic mass is 10.0. The largest absolute Gasteiger partial charge is 0.472 e. The van der Waals surface area contributed by atoms with Crippen LogP contribution in [0.1, 0.15) is 271 Å². The van der Waals surface area contributed by atoms with Crippen molar-refractivity contribution in [2.75, 3.05) is 40.9 Å². The highest BCUT2D eigenvalue weighted by molar-refractivity contribution is 7.47. The maximum absolute atomic E-state index is 13.5. The predicted molar refractivity (Wildman–Crippen MR) is 291 cm³/mol. The molecule has 3 atom stereocenters. The number of carbonyl (C=O) groups excluding carboxylic acids is 2. The summed E-state index contributed by atoms with van der Waals surface area (Å²) in [5.74, 6) is -0.522. The number of nitrogens with one attached hydrogen (secondary N) is 1. The van der Waals surface area contributed by atoms with Crippen molar-refractivity contribution in [1.29, 1.82) is 0 Å². The highest BCUT2D eigenvalue weighted by Crippen LogP contribution is 2.43. The van der Waals surface area contributed by atoms with E-state index in [1.807, 2.05) is 33.3 Å². The molecule has 9 nitrogen and oxygen atoms in total. The van der Waals surface area contributed by atoms with Gasteiger partial charge in [-0.15, -0.1) is 0 Å². The Morgan fingerprint density at radius 3 is 1.28 bits per heavy atom. The minimum absolute atomic E-state index is 0.0385. The van der Waals surface area contributed by atoms with Crippen molar-refractivity contribution >= 4 is 19.7 Å². The molecule has 0 aliphatic heterocycles. The fourth-order valence-corrected chi connectivity index (χ4v) is 9.02. The SMILES string of the molecule is CCCCCC/C=C\CCCCCCCCCC(=O)NC(COP(=O)(O)OCC[N+](C)(C)C)C(/C=C/CCCCCCCCCCCCC)OC(=O)CCCCC/C=C\CCCCCCCCC. The molecule has 0 aliphatic rings. The zero-order chi connectivity index (χ0) is 50.1. The monoisotopic (exact) mass is 980 g/mol. The van der Waals surface area contributed by atoms with Crippen molar-refractivity contribution in [3.8, 4) is 0 Å². The lowest BCUT2D eigenvalue weighted by molar-refractivity contribution is -0.870. The Labute approximate surface area is 421 Å². The van der Waals surface area contributed by atoms with Gasteiger partial charge in [0.05, 0.1) is 33.8 Å². The Morgan fingerprint density at radius 1 is 0.500 bits per heavy atom. The number of phosphoric acid groups is 1. The molecule has 10 heteroatoms. The van der Waals surface area contributed by atoms with Gasteiger partial charge in [0.2, 0.25) is 5.91 Å².